The molecule has 0 bridgehead atoms. The first-order chi connectivity index (χ1) is 13.1. The van der Waals surface area contributed by atoms with Crippen LogP contribution in [0.3, 0.4) is 0 Å². The van der Waals surface area contributed by atoms with Gasteiger partial charge in [0, 0.05) is 37.0 Å². The van der Waals surface area contributed by atoms with Gasteiger partial charge in [-0.1, -0.05) is 12.5 Å². The average Bonchev–Trinajstić information content (AvgIpc) is 3.21. The molecule has 2 saturated heterocycles. The first-order valence-corrected chi connectivity index (χ1v) is 10.2. The van der Waals surface area contributed by atoms with Gasteiger partial charge in [-0.15, -0.1) is 0 Å². The average molecular weight is 373 g/mol. The number of likely N-dealkylation sites (tertiary alicyclic amines) is 1. The normalized spacial score (nSPS) is 23.1. The first-order valence-electron chi connectivity index (χ1n) is 10.2. The zero-order valence-corrected chi connectivity index (χ0v) is 16.2. The van der Waals surface area contributed by atoms with E-state index in [4.69, 9.17) is 4.74 Å². The van der Waals surface area contributed by atoms with Crippen molar-refractivity contribution in [2.75, 3.05) is 31.6 Å². The molecule has 1 aromatic carbocycles. The Morgan fingerprint density at radius 2 is 2.11 bits per heavy atom. The highest BCUT2D eigenvalue weighted by molar-refractivity contribution is 5.98. The van der Waals surface area contributed by atoms with Crippen molar-refractivity contribution in [3.8, 4) is 0 Å². The summed E-state index contributed by atoms with van der Waals surface area (Å²) in [6.45, 7) is 5.78. The number of hydrogen-bond donors (Lipinski definition) is 2. The summed E-state index contributed by atoms with van der Waals surface area (Å²) >= 11 is 0. The lowest BCUT2D eigenvalue weighted by molar-refractivity contribution is -0.124. The third-order valence-electron chi connectivity index (χ3n) is 5.46. The number of benzene rings is 1. The van der Waals surface area contributed by atoms with E-state index in [2.05, 4.69) is 22.5 Å². The van der Waals surface area contributed by atoms with Crippen LogP contribution in [0.1, 0.15) is 55.8 Å². The minimum Gasteiger partial charge on any atom is -0.368 e. The van der Waals surface area contributed by atoms with Gasteiger partial charge in [0.2, 0.25) is 0 Å². The highest BCUT2D eigenvalue weighted by Gasteiger charge is 2.23. The predicted octanol–water partition coefficient (Wildman–Crippen LogP) is 2.80. The Hall–Kier alpha value is -1.92. The number of nitrogens with zero attached hydrogens (tertiary/aromatic N) is 1. The van der Waals surface area contributed by atoms with Gasteiger partial charge >= 0.3 is 0 Å². The summed E-state index contributed by atoms with van der Waals surface area (Å²) in [7, 11) is 0. The molecule has 0 aromatic heterocycles. The number of nitrogens with one attached hydrogen (secondary N) is 2. The van der Waals surface area contributed by atoms with Crippen LogP contribution in [-0.2, 0) is 9.53 Å². The van der Waals surface area contributed by atoms with Crippen molar-refractivity contribution in [2.45, 2.75) is 57.6 Å². The third-order valence-corrected chi connectivity index (χ3v) is 5.46. The van der Waals surface area contributed by atoms with Gasteiger partial charge in [0.05, 0.1) is 0 Å². The molecule has 2 atom stereocenters. The molecule has 2 amide bonds. The Morgan fingerprint density at radius 3 is 2.89 bits per heavy atom. The molecule has 2 unspecified atom stereocenters. The van der Waals surface area contributed by atoms with Gasteiger partial charge in [-0.05, 0) is 63.8 Å². The molecule has 2 fully saturated rings. The SMILES string of the molecule is CC1CCCCN1CCCNC(=O)c1cccc(NC(=O)C2CCCO2)c1. The number of ether oxygens (including phenoxy) is 1. The Balaban J connectivity index is 1.43. The highest BCUT2D eigenvalue weighted by Crippen LogP contribution is 2.17. The maximum Gasteiger partial charge on any atom is 0.253 e. The molecule has 2 N–H and O–H groups in total. The second kappa shape index (κ2) is 9.85. The third kappa shape index (κ3) is 5.78. The lowest BCUT2D eigenvalue weighted by atomic mass is 10.0. The zero-order valence-electron chi connectivity index (χ0n) is 16.2. The van der Waals surface area contributed by atoms with Crippen molar-refractivity contribution in [1.29, 1.82) is 0 Å². The number of piperidine rings is 1. The molecule has 0 saturated carbocycles. The van der Waals surface area contributed by atoms with E-state index in [0.717, 1.165) is 25.8 Å². The van der Waals surface area contributed by atoms with Crippen LogP contribution < -0.4 is 10.6 Å². The maximum atomic E-state index is 12.4. The van der Waals surface area contributed by atoms with Crippen molar-refractivity contribution < 1.29 is 14.3 Å². The van der Waals surface area contributed by atoms with Gasteiger partial charge < -0.3 is 20.3 Å². The van der Waals surface area contributed by atoms with Crippen LogP contribution in [0.4, 0.5) is 5.69 Å². The van der Waals surface area contributed by atoms with Crippen molar-refractivity contribution >= 4 is 17.5 Å². The molecule has 2 heterocycles. The molecule has 0 spiro atoms. The highest BCUT2D eigenvalue weighted by atomic mass is 16.5. The smallest absolute Gasteiger partial charge is 0.253 e. The summed E-state index contributed by atoms with van der Waals surface area (Å²) in [4.78, 5) is 27.0. The van der Waals surface area contributed by atoms with Gasteiger partial charge in [-0.3, -0.25) is 9.59 Å². The van der Waals surface area contributed by atoms with E-state index in [1.807, 2.05) is 0 Å². The summed E-state index contributed by atoms with van der Waals surface area (Å²) in [6.07, 6.45) is 6.12. The van der Waals surface area contributed by atoms with Crippen LogP contribution >= 0.6 is 0 Å². The van der Waals surface area contributed by atoms with Crippen molar-refractivity contribution in [3.05, 3.63) is 29.8 Å². The fourth-order valence-electron chi connectivity index (χ4n) is 3.82. The van der Waals surface area contributed by atoms with E-state index in [1.165, 1.54) is 25.8 Å². The summed E-state index contributed by atoms with van der Waals surface area (Å²) < 4.78 is 5.39. The van der Waals surface area contributed by atoms with E-state index < -0.39 is 0 Å². The van der Waals surface area contributed by atoms with Crippen molar-refractivity contribution in [2.24, 2.45) is 0 Å². The van der Waals surface area contributed by atoms with E-state index in [0.29, 0.717) is 30.4 Å². The molecule has 1 aromatic rings. The lowest BCUT2D eigenvalue weighted by Gasteiger charge is -2.33. The van der Waals surface area contributed by atoms with Gasteiger partial charge in [0.1, 0.15) is 6.10 Å². The zero-order chi connectivity index (χ0) is 19.1. The van der Waals surface area contributed by atoms with Crippen LogP contribution in [0, 0.1) is 0 Å². The minimum absolute atomic E-state index is 0.102. The number of hydrogen-bond acceptors (Lipinski definition) is 4. The molecule has 148 valence electrons. The summed E-state index contributed by atoms with van der Waals surface area (Å²) in [6, 6.07) is 7.72. The number of amides is 2. The molecule has 27 heavy (non-hydrogen) atoms. The number of rotatable bonds is 7. The molecular formula is C21H31N3O3. The second-order valence-corrected chi connectivity index (χ2v) is 7.56. The quantitative estimate of drug-likeness (QED) is 0.721. The fourth-order valence-corrected chi connectivity index (χ4v) is 3.82. The monoisotopic (exact) mass is 373 g/mol. The Morgan fingerprint density at radius 1 is 1.22 bits per heavy atom. The molecule has 6 heteroatoms. The second-order valence-electron chi connectivity index (χ2n) is 7.56. The molecule has 6 nitrogen and oxygen atoms in total. The van der Waals surface area contributed by atoms with Gasteiger partial charge in [0.25, 0.3) is 11.8 Å². The fraction of sp³-hybridized carbons (Fsp3) is 0.619. The van der Waals surface area contributed by atoms with Crippen LogP contribution in [0.2, 0.25) is 0 Å². The first kappa shape index (κ1) is 19.8. The molecule has 0 aliphatic carbocycles. The van der Waals surface area contributed by atoms with Crippen molar-refractivity contribution in [3.63, 3.8) is 0 Å². The molecule has 2 aliphatic heterocycles. The largest absolute Gasteiger partial charge is 0.368 e. The van der Waals surface area contributed by atoms with Gasteiger partial charge in [0.15, 0.2) is 0 Å². The van der Waals surface area contributed by atoms with Crippen LogP contribution in [0.15, 0.2) is 24.3 Å². The van der Waals surface area contributed by atoms with Crippen LogP contribution in [-0.4, -0.2) is 55.1 Å². The Labute approximate surface area is 161 Å². The van der Waals surface area contributed by atoms with Crippen LogP contribution in [0.5, 0.6) is 0 Å². The molecular weight excluding hydrogens is 342 g/mol. The topological polar surface area (TPSA) is 70.7 Å². The summed E-state index contributed by atoms with van der Waals surface area (Å²) in [5.74, 6) is -0.240. The maximum absolute atomic E-state index is 12.4. The minimum atomic E-state index is -0.375. The number of anilines is 1. The van der Waals surface area contributed by atoms with E-state index in [-0.39, 0.29) is 17.9 Å². The van der Waals surface area contributed by atoms with Crippen molar-refractivity contribution in [1.82, 2.24) is 10.2 Å². The predicted molar refractivity (Wildman–Crippen MR) is 106 cm³/mol. The summed E-state index contributed by atoms with van der Waals surface area (Å²) in [5, 5.41) is 5.83. The molecule has 3 rings (SSSR count). The Bertz CT molecular complexity index is 643. The van der Waals surface area contributed by atoms with E-state index in [9.17, 15) is 9.59 Å². The molecule has 0 radical (unpaired) electrons. The van der Waals surface area contributed by atoms with E-state index >= 15 is 0 Å². The van der Waals surface area contributed by atoms with E-state index in [1.54, 1.807) is 24.3 Å². The van der Waals surface area contributed by atoms with Gasteiger partial charge in [-0.25, -0.2) is 0 Å². The number of carbonyl (C=O) groups is 2. The molecule has 2 aliphatic rings. The van der Waals surface area contributed by atoms with Gasteiger partial charge in [-0.2, -0.15) is 0 Å². The standard InChI is InChI=1S/C21H31N3O3/c1-16-7-2-3-12-24(16)13-6-11-22-20(25)17-8-4-9-18(15-17)23-21(26)19-10-5-14-27-19/h4,8-9,15-16,19H,2-3,5-7,10-14H2,1H3,(H,22,25)(H,23,26). The Kier molecular flexibility index (Phi) is 7.24. The summed E-state index contributed by atoms with van der Waals surface area (Å²) in [5.41, 5.74) is 1.19. The lowest BCUT2D eigenvalue weighted by Crippen LogP contribution is -2.39. The van der Waals surface area contributed by atoms with Crippen LogP contribution in [0.25, 0.3) is 0 Å². The number of carbonyl (C=O) groups excluding carboxylic acids is 2.